The van der Waals surface area contributed by atoms with E-state index < -0.39 is 5.97 Å². The van der Waals surface area contributed by atoms with Crippen molar-refractivity contribution in [2.45, 2.75) is 6.92 Å². The third-order valence-corrected chi connectivity index (χ3v) is 2.98. The second-order valence-corrected chi connectivity index (χ2v) is 4.70. The number of ether oxygens (including phenoxy) is 1. The smallest absolute Gasteiger partial charge is 0.363 e. The highest BCUT2D eigenvalue weighted by Gasteiger charge is 2.20. The summed E-state index contributed by atoms with van der Waals surface area (Å²) in [5, 5.41) is 0.637. The minimum Gasteiger partial charge on any atom is -0.457 e. The molecule has 0 aliphatic carbocycles. The number of rotatable bonds is 2. The van der Waals surface area contributed by atoms with E-state index in [-0.39, 0.29) is 5.70 Å². The molecule has 0 fully saturated rings. The van der Waals surface area contributed by atoms with E-state index in [0.717, 1.165) is 5.56 Å². The number of hydrogen-bond donors (Lipinski definition) is 0. The summed E-state index contributed by atoms with van der Waals surface area (Å²) in [6, 6.07) is 10.9. The molecular formula is C15H10ClNO3. The maximum Gasteiger partial charge on any atom is 0.363 e. The summed E-state index contributed by atoms with van der Waals surface area (Å²) < 4.78 is 10.5. The lowest BCUT2D eigenvalue weighted by atomic mass is 10.2. The summed E-state index contributed by atoms with van der Waals surface area (Å²) in [7, 11) is 0. The van der Waals surface area contributed by atoms with Crippen LogP contribution >= 0.6 is 11.6 Å². The molecule has 4 nitrogen and oxygen atoms in total. The molecule has 20 heavy (non-hydrogen) atoms. The number of cyclic esters (lactones) is 1. The average molecular weight is 288 g/mol. The third kappa shape index (κ3) is 2.51. The van der Waals surface area contributed by atoms with Gasteiger partial charge in [-0.15, -0.1) is 0 Å². The molecule has 1 aliphatic heterocycles. The number of nitrogens with zero attached hydrogens (tertiary/aromatic N) is 1. The van der Waals surface area contributed by atoms with Gasteiger partial charge >= 0.3 is 5.97 Å². The van der Waals surface area contributed by atoms with E-state index in [4.69, 9.17) is 20.8 Å². The largest absolute Gasteiger partial charge is 0.457 e. The number of halogens is 1. The molecule has 0 N–H and O–H groups in total. The number of esters is 1. The molecule has 0 spiro atoms. The number of aliphatic imine (C=N–C) groups is 1. The fourth-order valence-corrected chi connectivity index (χ4v) is 2.07. The molecule has 1 aliphatic rings. The highest BCUT2D eigenvalue weighted by Crippen LogP contribution is 2.26. The monoisotopic (exact) mass is 287 g/mol. The van der Waals surface area contributed by atoms with Gasteiger partial charge in [0.05, 0.1) is 0 Å². The molecule has 1 aromatic heterocycles. The van der Waals surface area contributed by atoms with Crippen LogP contribution in [-0.4, -0.2) is 11.9 Å². The molecule has 0 amide bonds. The van der Waals surface area contributed by atoms with Crippen molar-refractivity contribution in [3.05, 3.63) is 52.9 Å². The lowest BCUT2D eigenvalue weighted by Gasteiger charge is -1.97. The van der Waals surface area contributed by atoms with Gasteiger partial charge in [-0.25, -0.2) is 9.79 Å². The van der Waals surface area contributed by atoms with Crippen LogP contribution in [0, 0.1) is 0 Å². The highest BCUT2D eigenvalue weighted by molar-refractivity contribution is 6.30. The summed E-state index contributed by atoms with van der Waals surface area (Å²) in [5.74, 6) is 1.07. The van der Waals surface area contributed by atoms with E-state index in [9.17, 15) is 4.79 Å². The van der Waals surface area contributed by atoms with Crippen molar-refractivity contribution in [1.29, 1.82) is 0 Å². The summed E-state index contributed by atoms with van der Waals surface area (Å²) in [6.45, 7) is 1.62. The Morgan fingerprint density at radius 1 is 1.25 bits per heavy atom. The van der Waals surface area contributed by atoms with Gasteiger partial charge in [-0.05, 0) is 24.3 Å². The van der Waals surface area contributed by atoms with Crippen LogP contribution in [0.3, 0.4) is 0 Å². The van der Waals surface area contributed by atoms with E-state index in [1.54, 1.807) is 25.1 Å². The molecule has 0 atom stereocenters. The third-order valence-electron chi connectivity index (χ3n) is 2.74. The van der Waals surface area contributed by atoms with Crippen LogP contribution in [-0.2, 0) is 9.53 Å². The molecule has 2 heterocycles. The SMILES string of the molecule is CC1=NC(=Cc2ccc(-c3cccc(Cl)c3)o2)C(=O)O1. The van der Waals surface area contributed by atoms with Crippen molar-refractivity contribution in [1.82, 2.24) is 0 Å². The Morgan fingerprint density at radius 2 is 2.10 bits per heavy atom. The Hall–Kier alpha value is -2.33. The fourth-order valence-electron chi connectivity index (χ4n) is 1.88. The number of carbonyl (C=O) groups excluding carboxylic acids is 1. The molecule has 1 aromatic carbocycles. The van der Waals surface area contributed by atoms with Crippen molar-refractivity contribution < 1.29 is 13.9 Å². The van der Waals surface area contributed by atoms with Gasteiger partial charge in [0.2, 0.25) is 0 Å². The van der Waals surface area contributed by atoms with E-state index in [1.807, 2.05) is 24.3 Å². The van der Waals surface area contributed by atoms with Gasteiger partial charge in [0.25, 0.3) is 0 Å². The number of benzene rings is 1. The first-order chi connectivity index (χ1) is 9.61. The average Bonchev–Trinajstić information content (AvgIpc) is 2.97. The van der Waals surface area contributed by atoms with Crippen LogP contribution in [0.15, 0.2) is 51.5 Å². The highest BCUT2D eigenvalue weighted by atomic mass is 35.5. The lowest BCUT2D eigenvalue weighted by Crippen LogP contribution is -1.99. The Morgan fingerprint density at radius 3 is 2.80 bits per heavy atom. The van der Waals surface area contributed by atoms with Crippen molar-refractivity contribution in [2.24, 2.45) is 4.99 Å². The first-order valence-corrected chi connectivity index (χ1v) is 6.34. The molecule has 0 unspecified atom stereocenters. The zero-order valence-corrected chi connectivity index (χ0v) is 11.3. The van der Waals surface area contributed by atoms with Crippen LogP contribution in [0.5, 0.6) is 0 Å². The van der Waals surface area contributed by atoms with Crippen LogP contribution in [0.1, 0.15) is 12.7 Å². The number of hydrogen-bond acceptors (Lipinski definition) is 4. The molecule has 3 rings (SSSR count). The normalized spacial score (nSPS) is 16.4. The van der Waals surface area contributed by atoms with Gasteiger partial charge < -0.3 is 9.15 Å². The quantitative estimate of drug-likeness (QED) is 0.621. The summed E-state index contributed by atoms with van der Waals surface area (Å²) >= 11 is 5.94. The van der Waals surface area contributed by atoms with Gasteiger partial charge in [0.1, 0.15) is 11.5 Å². The Labute approximate surface area is 120 Å². The maximum atomic E-state index is 11.4. The molecule has 0 bridgehead atoms. The second-order valence-electron chi connectivity index (χ2n) is 4.26. The molecule has 2 aromatic rings. The number of carbonyl (C=O) groups is 1. The second kappa shape index (κ2) is 4.98. The van der Waals surface area contributed by atoms with Crippen LogP contribution in [0.4, 0.5) is 0 Å². The fraction of sp³-hybridized carbons (Fsp3) is 0.0667. The standard InChI is InChI=1S/C15H10ClNO3/c1-9-17-13(15(18)19-9)8-12-5-6-14(20-12)10-3-2-4-11(16)7-10/h2-8H,1H3. The van der Waals surface area contributed by atoms with Gasteiger partial charge in [-0.2, -0.15) is 0 Å². The Balaban J connectivity index is 1.92. The zero-order chi connectivity index (χ0) is 14.1. The molecule has 0 saturated carbocycles. The van der Waals surface area contributed by atoms with Crippen molar-refractivity contribution in [2.75, 3.05) is 0 Å². The molecule has 100 valence electrons. The summed E-state index contributed by atoms with van der Waals surface area (Å²) in [4.78, 5) is 15.4. The van der Waals surface area contributed by atoms with Gasteiger partial charge in [-0.3, -0.25) is 0 Å². The van der Waals surface area contributed by atoms with Crippen molar-refractivity contribution in [3.8, 4) is 11.3 Å². The lowest BCUT2D eigenvalue weighted by molar-refractivity contribution is -0.130. The summed E-state index contributed by atoms with van der Waals surface area (Å²) in [6.07, 6.45) is 1.55. The number of furan rings is 1. The molecule has 5 heteroatoms. The van der Waals surface area contributed by atoms with Gasteiger partial charge in [-0.1, -0.05) is 23.7 Å². The van der Waals surface area contributed by atoms with Crippen LogP contribution < -0.4 is 0 Å². The Kier molecular flexibility index (Phi) is 3.16. The van der Waals surface area contributed by atoms with E-state index >= 15 is 0 Å². The molecule has 0 radical (unpaired) electrons. The van der Waals surface area contributed by atoms with E-state index in [0.29, 0.717) is 22.4 Å². The molecule has 0 saturated heterocycles. The minimum absolute atomic E-state index is 0.231. The predicted molar refractivity (Wildman–Crippen MR) is 76.3 cm³/mol. The Bertz CT molecular complexity index is 743. The first-order valence-electron chi connectivity index (χ1n) is 5.97. The predicted octanol–water partition coefficient (Wildman–Crippen LogP) is 3.92. The molecular weight excluding hydrogens is 278 g/mol. The van der Waals surface area contributed by atoms with Crippen molar-refractivity contribution in [3.63, 3.8) is 0 Å². The topological polar surface area (TPSA) is 51.8 Å². The maximum absolute atomic E-state index is 11.4. The van der Waals surface area contributed by atoms with Gasteiger partial charge in [0.15, 0.2) is 11.6 Å². The van der Waals surface area contributed by atoms with E-state index in [2.05, 4.69) is 4.99 Å². The van der Waals surface area contributed by atoms with Gasteiger partial charge in [0, 0.05) is 23.6 Å². The first kappa shape index (κ1) is 12.7. The summed E-state index contributed by atoms with van der Waals surface area (Å²) in [5.41, 5.74) is 1.10. The van der Waals surface area contributed by atoms with Crippen molar-refractivity contribution >= 4 is 29.5 Å². The van der Waals surface area contributed by atoms with Crippen LogP contribution in [0.25, 0.3) is 17.4 Å². The van der Waals surface area contributed by atoms with E-state index in [1.165, 1.54) is 0 Å². The minimum atomic E-state index is -0.469. The van der Waals surface area contributed by atoms with Crippen LogP contribution in [0.2, 0.25) is 5.02 Å². The zero-order valence-electron chi connectivity index (χ0n) is 10.6.